The molecule has 9 nitrogen and oxygen atoms in total. The second-order valence-electron chi connectivity index (χ2n) is 8.04. The molecule has 5 N–H and O–H groups in total. The second-order valence-corrected chi connectivity index (χ2v) is 8.04. The van der Waals surface area contributed by atoms with Crippen molar-refractivity contribution in [3.8, 4) is 5.82 Å². The van der Waals surface area contributed by atoms with E-state index < -0.39 is 0 Å². The molecule has 0 spiro atoms. The summed E-state index contributed by atoms with van der Waals surface area (Å²) >= 11 is 0. The minimum absolute atomic E-state index is 0.155. The van der Waals surface area contributed by atoms with Crippen LogP contribution in [0.2, 0.25) is 0 Å². The molecule has 2 aromatic heterocycles. The van der Waals surface area contributed by atoms with Gasteiger partial charge in [0.05, 0.1) is 5.69 Å². The zero-order valence-electron chi connectivity index (χ0n) is 19.5. The quantitative estimate of drug-likeness (QED) is 0.316. The Labute approximate surface area is 198 Å². The molecule has 0 aliphatic rings. The van der Waals surface area contributed by atoms with E-state index in [-0.39, 0.29) is 5.91 Å². The van der Waals surface area contributed by atoms with E-state index in [1.54, 1.807) is 10.7 Å². The lowest BCUT2D eigenvalue weighted by atomic mass is 10.1. The molecule has 0 aliphatic heterocycles. The fourth-order valence-corrected chi connectivity index (χ4v) is 3.48. The largest absolute Gasteiger partial charge is 0.369 e. The highest BCUT2D eigenvalue weighted by atomic mass is 16.1. The van der Waals surface area contributed by atoms with Gasteiger partial charge < -0.3 is 21.7 Å². The summed E-state index contributed by atoms with van der Waals surface area (Å²) in [5.41, 5.74) is 10.6. The Morgan fingerprint density at radius 1 is 1.03 bits per heavy atom. The third-order valence-electron chi connectivity index (χ3n) is 5.19. The van der Waals surface area contributed by atoms with Crippen LogP contribution in [0.15, 0.2) is 60.9 Å². The number of carbonyl (C=O) groups excluding carboxylic acids is 1. The van der Waals surface area contributed by atoms with Crippen molar-refractivity contribution in [2.24, 2.45) is 5.73 Å². The lowest BCUT2D eigenvalue weighted by molar-refractivity contribution is 0.102. The van der Waals surface area contributed by atoms with Gasteiger partial charge in [-0.15, -0.1) is 0 Å². The summed E-state index contributed by atoms with van der Waals surface area (Å²) in [6.45, 7) is 7.00. The molecule has 9 heteroatoms. The zero-order valence-corrected chi connectivity index (χ0v) is 19.5. The number of aromatic nitrogens is 4. The number of amides is 1. The van der Waals surface area contributed by atoms with Crippen LogP contribution in [0.5, 0.6) is 0 Å². The van der Waals surface area contributed by atoms with Crippen molar-refractivity contribution in [3.05, 3.63) is 83.3 Å². The first kappa shape index (κ1) is 22.9. The number of hydrogen-bond donors (Lipinski definition) is 4. The first-order valence-corrected chi connectivity index (χ1v) is 11.0. The van der Waals surface area contributed by atoms with Crippen LogP contribution in [-0.2, 0) is 0 Å². The number of nitrogens with one attached hydrogen (secondary N) is 3. The molecule has 0 atom stereocenters. The standard InChI is InChI=1S/C25H28N8O/c1-16-5-4-6-19(11-16)25(34)30-20-8-7-17(2)21(13-20)31-24-12-18(3)32-33(24)23-14-22(27-10-9-26)28-15-29-23/h4-8,11-15,31H,9-10,26H2,1-3H3,(H,30,34)(H,27,28,29). The number of carbonyl (C=O) groups is 1. The summed E-state index contributed by atoms with van der Waals surface area (Å²) in [5, 5.41) is 14.2. The maximum atomic E-state index is 12.7. The first-order chi connectivity index (χ1) is 16.4. The van der Waals surface area contributed by atoms with Crippen molar-refractivity contribution in [2.45, 2.75) is 20.8 Å². The number of anilines is 4. The van der Waals surface area contributed by atoms with Crippen LogP contribution in [0.1, 0.15) is 27.2 Å². The van der Waals surface area contributed by atoms with E-state index in [0.29, 0.717) is 36.0 Å². The predicted octanol–water partition coefficient (Wildman–Crippen LogP) is 3.95. The highest BCUT2D eigenvalue weighted by molar-refractivity contribution is 6.04. The SMILES string of the molecule is Cc1cccc(C(=O)Nc2ccc(C)c(Nc3cc(C)nn3-c3cc(NCCN)ncn3)c2)c1. The van der Waals surface area contributed by atoms with Crippen LogP contribution >= 0.6 is 0 Å². The van der Waals surface area contributed by atoms with Gasteiger partial charge in [-0.05, 0) is 50.6 Å². The van der Waals surface area contributed by atoms with E-state index in [4.69, 9.17) is 5.73 Å². The van der Waals surface area contributed by atoms with Gasteiger partial charge in [-0.1, -0.05) is 23.8 Å². The molecule has 1 amide bonds. The molecular formula is C25H28N8O. The van der Waals surface area contributed by atoms with E-state index in [0.717, 1.165) is 28.3 Å². The first-order valence-electron chi connectivity index (χ1n) is 11.0. The summed E-state index contributed by atoms with van der Waals surface area (Å²) in [4.78, 5) is 21.3. The van der Waals surface area contributed by atoms with Gasteiger partial charge in [-0.25, -0.2) is 9.97 Å². The summed E-state index contributed by atoms with van der Waals surface area (Å²) in [7, 11) is 0. The normalized spacial score (nSPS) is 10.7. The Bertz CT molecular complexity index is 1310. The molecular weight excluding hydrogens is 428 g/mol. The van der Waals surface area contributed by atoms with Gasteiger partial charge >= 0.3 is 0 Å². The molecule has 4 rings (SSSR count). The molecule has 0 radical (unpaired) electrons. The van der Waals surface area contributed by atoms with Crippen molar-refractivity contribution in [1.29, 1.82) is 0 Å². The van der Waals surface area contributed by atoms with Crippen LogP contribution < -0.4 is 21.7 Å². The van der Waals surface area contributed by atoms with Crippen molar-refractivity contribution < 1.29 is 4.79 Å². The van der Waals surface area contributed by atoms with Crippen molar-refractivity contribution >= 4 is 28.9 Å². The van der Waals surface area contributed by atoms with E-state index in [1.807, 2.05) is 69.3 Å². The maximum absolute atomic E-state index is 12.7. The molecule has 2 heterocycles. The predicted molar refractivity (Wildman–Crippen MR) is 135 cm³/mol. The molecule has 0 bridgehead atoms. The van der Waals surface area contributed by atoms with Gasteiger partial charge in [0.25, 0.3) is 5.91 Å². The van der Waals surface area contributed by atoms with Gasteiger partial charge in [0.15, 0.2) is 5.82 Å². The smallest absolute Gasteiger partial charge is 0.255 e. The van der Waals surface area contributed by atoms with E-state index in [1.165, 1.54) is 6.33 Å². The number of rotatable bonds is 8. The summed E-state index contributed by atoms with van der Waals surface area (Å²) in [6, 6.07) is 17.0. The minimum atomic E-state index is -0.155. The Morgan fingerprint density at radius 2 is 1.88 bits per heavy atom. The summed E-state index contributed by atoms with van der Waals surface area (Å²) in [5.74, 6) is 1.88. The summed E-state index contributed by atoms with van der Waals surface area (Å²) in [6.07, 6.45) is 1.49. The van der Waals surface area contributed by atoms with Gasteiger partial charge in [0, 0.05) is 42.2 Å². The Hall–Kier alpha value is -4.24. The molecule has 0 aliphatic carbocycles. The number of aryl methyl sites for hydroxylation is 3. The lowest BCUT2D eigenvalue weighted by Gasteiger charge is -2.14. The zero-order chi connectivity index (χ0) is 24.1. The van der Waals surface area contributed by atoms with Gasteiger partial charge in [-0.3, -0.25) is 4.79 Å². The average Bonchev–Trinajstić information content (AvgIpc) is 3.20. The maximum Gasteiger partial charge on any atom is 0.255 e. The lowest BCUT2D eigenvalue weighted by Crippen LogP contribution is -2.14. The number of nitrogens with zero attached hydrogens (tertiary/aromatic N) is 4. The molecule has 34 heavy (non-hydrogen) atoms. The van der Waals surface area contributed by atoms with E-state index >= 15 is 0 Å². The van der Waals surface area contributed by atoms with Crippen LogP contribution in [0, 0.1) is 20.8 Å². The second kappa shape index (κ2) is 10.1. The molecule has 2 aromatic carbocycles. The van der Waals surface area contributed by atoms with Crippen molar-refractivity contribution in [2.75, 3.05) is 29.0 Å². The molecule has 174 valence electrons. The monoisotopic (exact) mass is 456 g/mol. The van der Waals surface area contributed by atoms with Gasteiger partial charge in [0.2, 0.25) is 0 Å². The Balaban J connectivity index is 1.58. The average molecular weight is 457 g/mol. The third kappa shape index (κ3) is 5.38. The van der Waals surface area contributed by atoms with Crippen molar-refractivity contribution in [3.63, 3.8) is 0 Å². The van der Waals surface area contributed by atoms with E-state index in [2.05, 4.69) is 31.0 Å². The number of nitrogens with two attached hydrogens (primary N) is 1. The van der Waals surface area contributed by atoms with Gasteiger partial charge in [0.1, 0.15) is 18.0 Å². The topological polar surface area (TPSA) is 123 Å². The van der Waals surface area contributed by atoms with E-state index in [9.17, 15) is 4.79 Å². The Morgan fingerprint density at radius 3 is 2.68 bits per heavy atom. The molecule has 0 saturated heterocycles. The molecule has 4 aromatic rings. The van der Waals surface area contributed by atoms with Crippen molar-refractivity contribution in [1.82, 2.24) is 19.7 Å². The summed E-state index contributed by atoms with van der Waals surface area (Å²) < 4.78 is 1.72. The van der Waals surface area contributed by atoms with Gasteiger partial charge in [-0.2, -0.15) is 9.78 Å². The fraction of sp³-hybridized carbons (Fsp3) is 0.200. The highest BCUT2D eigenvalue weighted by Crippen LogP contribution is 2.27. The molecule has 0 unspecified atom stereocenters. The minimum Gasteiger partial charge on any atom is -0.369 e. The van der Waals surface area contributed by atoms with Crippen LogP contribution in [0.3, 0.4) is 0 Å². The Kier molecular flexibility index (Phi) is 6.84. The molecule has 0 fully saturated rings. The van der Waals surface area contributed by atoms with Crippen LogP contribution in [-0.4, -0.2) is 38.7 Å². The fourth-order valence-electron chi connectivity index (χ4n) is 3.48. The van der Waals surface area contributed by atoms with Crippen LogP contribution in [0.25, 0.3) is 5.82 Å². The number of hydrogen-bond acceptors (Lipinski definition) is 7. The van der Waals surface area contributed by atoms with Crippen LogP contribution in [0.4, 0.5) is 23.0 Å². The number of benzene rings is 2. The third-order valence-corrected chi connectivity index (χ3v) is 5.19. The highest BCUT2D eigenvalue weighted by Gasteiger charge is 2.13. The molecule has 0 saturated carbocycles.